The van der Waals surface area contributed by atoms with Crippen LogP contribution in [0.1, 0.15) is 17.5 Å². The molecule has 1 aliphatic heterocycles. The smallest absolute Gasteiger partial charge is 0.318 e. The number of piperidine rings is 1. The predicted molar refractivity (Wildman–Crippen MR) is 108 cm³/mol. The van der Waals surface area contributed by atoms with E-state index in [-0.39, 0.29) is 24.9 Å². The van der Waals surface area contributed by atoms with Crippen LogP contribution in [0.5, 0.6) is 5.75 Å². The van der Waals surface area contributed by atoms with Gasteiger partial charge in [-0.05, 0) is 48.9 Å². The minimum atomic E-state index is -1.14. The Morgan fingerprint density at radius 1 is 1.24 bits per heavy atom. The van der Waals surface area contributed by atoms with Gasteiger partial charge in [-0.3, -0.25) is 0 Å². The first-order valence-electron chi connectivity index (χ1n) is 9.70. The first kappa shape index (κ1) is 21.0. The minimum absolute atomic E-state index is 0.221. The highest BCUT2D eigenvalue weighted by molar-refractivity contribution is 5.74. The summed E-state index contributed by atoms with van der Waals surface area (Å²) in [5.74, 6) is 0.365. The van der Waals surface area contributed by atoms with Gasteiger partial charge in [0.1, 0.15) is 17.7 Å². The Kier molecular flexibility index (Phi) is 7.04. The molecular formula is C22H27F2N3O2. The van der Waals surface area contributed by atoms with Gasteiger partial charge in [-0.1, -0.05) is 24.3 Å². The highest BCUT2D eigenvalue weighted by atomic mass is 19.1. The number of likely N-dealkylation sites (tertiary alicyclic amines) is 1. The summed E-state index contributed by atoms with van der Waals surface area (Å²) >= 11 is 0. The number of carbonyl (C=O) groups excluding carboxylic acids is 1. The Labute approximate surface area is 170 Å². The molecule has 0 aromatic heterocycles. The second-order valence-corrected chi connectivity index (χ2v) is 7.40. The lowest BCUT2D eigenvalue weighted by atomic mass is 10.0. The maximum Gasteiger partial charge on any atom is 0.318 e. The van der Waals surface area contributed by atoms with Gasteiger partial charge < -0.3 is 19.9 Å². The standard InChI is InChI=1S/C22H27F2N3O2/c1-26-11-10-21(20(24)15-26)27(14-16-6-8-18(23)9-7-16)22(28)25-13-17-4-3-5-19(12-17)29-2/h3-9,12,20-21H,10-11,13-15H2,1-2H3,(H,25,28)/t20-,21+/m1/s1. The summed E-state index contributed by atoms with van der Waals surface area (Å²) in [5.41, 5.74) is 1.65. The van der Waals surface area contributed by atoms with Crippen LogP contribution >= 0.6 is 0 Å². The normalized spacial score (nSPS) is 19.6. The highest BCUT2D eigenvalue weighted by Crippen LogP contribution is 2.22. The largest absolute Gasteiger partial charge is 0.497 e. The van der Waals surface area contributed by atoms with Gasteiger partial charge in [0.25, 0.3) is 0 Å². The minimum Gasteiger partial charge on any atom is -0.497 e. The number of methoxy groups -OCH3 is 1. The van der Waals surface area contributed by atoms with Crippen LogP contribution in [0.25, 0.3) is 0 Å². The van der Waals surface area contributed by atoms with Crippen molar-refractivity contribution in [2.24, 2.45) is 0 Å². The summed E-state index contributed by atoms with van der Waals surface area (Å²) in [6, 6.07) is 12.5. The zero-order valence-electron chi connectivity index (χ0n) is 16.8. The van der Waals surface area contributed by atoms with Gasteiger partial charge >= 0.3 is 6.03 Å². The highest BCUT2D eigenvalue weighted by Gasteiger charge is 2.35. The van der Waals surface area contributed by atoms with E-state index in [1.54, 1.807) is 19.2 Å². The molecule has 1 heterocycles. The first-order chi connectivity index (χ1) is 14.0. The van der Waals surface area contributed by atoms with E-state index in [4.69, 9.17) is 4.74 Å². The number of amides is 2. The van der Waals surface area contributed by atoms with Gasteiger partial charge in [0.05, 0.1) is 13.2 Å². The number of hydrogen-bond acceptors (Lipinski definition) is 3. The van der Waals surface area contributed by atoms with Crippen molar-refractivity contribution in [2.75, 3.05) is 27.2 Å². The molecule has 2 amide bonds. The third-order valence-corrected chi connectivity index (χ3v) is 5.22. The average molecular weight is 403 g/mol. The molecule has 3 rings (SSSR count). The molecule has 1 N–H and O–H groups in total. The maximum absolute atomic E-state index is 14.8. The molecule has 156 valence electrons. The average Bonchev–Trinajstić information content (AvgIpc) is 2.72. The topological polar surface area (TPSA) is 44.8 Å². The molecule has 0 spiro atoms. The van der Waals surface area contributed by atoms with E-state index in [9.17, 15) is 13.6 Å². The molecule has 0 saturated carbocycles. The number of hydrogen-bond donors (Lipinski definition) is 1. The van der Waals surface area contributed by atoms with E-state index in [0.29, 0.717) is 25.3 Å². The van der Waals surface area contributed by atoms with E-state index in [2.05, 4.69) is 5.32 Å². The Bertz CT molecular complexity index is 816. The number of halogens is 2. The van der Waals surface area contributed by atoms with E-state index < -0.39 is 12.2 Å². The molecule has 2 aromatic rings. The third kappa shape index (κ3) is 5.67. The van der Waals surface area contributed by atoms with Gasteiger partial charge in [0, 0.05) is 26.2 Å². The molecule has 29 heavy (non-hydrogen) atoms. The van der Waals surface area contributed by atoms with Gasteiger partial charge in [0.15, 0.2) is 0 Å². The quantitative estimate of drug-likeness (QED) is 0.802. The van der Waals surface area contributed by atoms with E-state index in [0.717, 1.165) is 11.1 Å². The third-order valence-electron chi connectivity index (χ3n) is 5.22. The number of carbonyl (C=O) groups is 1. The summed E-state index contributed by atoms with van der Waals surface area (Å²) in [7, 11) is 3.46. The molecule has 0 unspecified atom stereocenters. The number of nitrogens with one attached hydrogen (secondary N) is 1. The number of rotatable bonds is 6. The number of benzene rings is 2. The summed E-state index contributed by atoms with van der Waals surface area (Å²) in [4.78, 5) is 16.5. The van der Waals surface area contributed by atoms with E-state index >= 15 is 0 Å². The monoisotopic (exact) mass is 403 g/mol. The second-order valence-electron chi connectivity index (χ2n) is 7.40. The molecule has 0 bridgehead atoms. The van der Waals surface area contributed by atoms with Crippen LogP contribution in [-0.4, -0.2) is 55.3 Å². The molecule has 0 radical (unpaired) electrons. The molecule has 1 saturated heterocycles. The summed E-state index contributed by atoms with van der Waals surface area (Å²) in [5, 5.41) is 2.89. The van der Waals surface area contributed by atoms with Crippen LogP contribution in [0.3, 0.4) is 0 Å². The fourth-order valence-corrected chi connectivity index (χ4v) is 3.58. The zero-order valence-corrected chi connectivity index (χ0v) is 16.8. The van der Waals surface area contributed by atoms with Crippen molar-refractivity contribution < 1.29 is 18.3 Å². The van der Waals surface area contributed by atoms with Crippen molar-refractivity contribution in [2.45, 2.75) is 31.7 Å². The SMILES string of the molecule is COc1cccc(CNC(=O)N(Cc2ccc(F)cc2)[C@H]2CCN(C)C[C@H]2F)c1. The van der Waals surface area contributed by atoms with E-state index in [1.165, 1.54) is 17.0 Å². The van der Waals surface area contributed by atoms with E-state index in [1.807, 2.05) is 36.2 Å². The summed E-state index contributed by atoms with van der Waals surface area (Å²) < 4.78 is 33.3. The number of alkyl halides is 1. The lowest BCUT2D eigenvalue weighted by molar-refractivity contribution is 0.0571. The Hall–Kier alpha value is -2.67. The molecule has 2 aromatic carbocycles. The molecular weight excluding hydrogens is 376 g/mol. The summed E-state index contributed by atoms with van der Waals surface area (Å²) in [6.45, 7) is 1.53. The zero-order chi connectivity index (χ0) is 20.8. The van der Waals surface area contributed by atoms with Gasteiger partial charge in [-0.25, -0.2) is 13.6 Å². The summed E-state index contributed by atoms with van der Waals surface area (Å²) in [6.07, 6.45) is -0.595. The molecule has 2 atom stereocenters. The lowest BCUT2D eigenvalue weighted by Crippen LogP contribution is -2.55. The fourth-order valence-electron chi connectivity index (χ4n) is 3.58. The van der Waals surface area contributed by atoms with Crippen LogP contribution < -0.4 is 10.1 Å². The van der Waals surface area contributed by atoms with Crippen LogP contribution in [-0.2, 0) is 13.1 Å². The van der Waals surface area contributed by atoms with Gasteiger partial charge in [0.2, 0.25) is 0 Å². The van der Waals surface area contributed by atoms with Crippen molar-refractivity contribution in [1.29, 1.82) is 0 Å². The lowest BCUT2D eigenvalue weighted by Gasteiger charge is -2.39. The second kappa shape index (κ2) is 9.69. The number of nitrogens with zero attached hydrogens (tertiary/aromatic N) is 2. The fraction of sp³-hybridized carbons (Fsp3) is 0.409. The van der Waals surface area contributed by atoms with Crippen molar-refractivity contribution in [3.05, 3.63) is 65.5 Å². The van der Waals surface area contributed by atoms with Crippen molar-refractivity contribution in [1.82, 2.24) is 15.1 Å². The van der Waals surface area contributed by atoms with Crippen LogP contribution in [0.4, 0.5) is 13.6 Å². The number of ether oxygens (including phenoxy) is 1. The van der Waals surface area contributed by atoms with Crippen LogP contribution in [0.2, 0.25) is 0 Å². The Morgan fingerprint density at radius 2 is 2.00 bits per heavy atom. The van der Waals surface area contributed by atoms with Crippen molar-refractivity contribution >= 4 is 6.03 Å². The van der Waals surface area contributed by atoms with Gasteiger partial charge in [-0.15, -0.1) is 0 Å². The van der Waals surface area contributed by atoms with Crippen molar-refractivity contribution in [3.8, 4) is 5.75 Å². The first-order valence-corrected chi connectivity index (χ1v) is 9.70. The maximum atomic E-state index is 14.8. The Balaban J connectivity index is 1.73. The Morgan fingerprint density at radius 3 is 2.69 bits per heavy atom. The molecule has 5 nitrogen and oxygen atoms in total. The van der Waals surface area contributed by atoms with Crippen LogP contribution in [0.15, 0.2) is 48.5 Å². The number of urea groups is 1. The van der Waals surface area contributed by atoms with Crippen LogP contribution in [0, 0.1) is 5.82 Å². The predicted octanol–water partition coefficient (Wildman–Crippen LogP) is 3.59. The molecule has 7 heteroatoms. The molecule has 1 aliphatic rings. The van der Waals surface area contributed by atoms with Gasteiger partial charge in [-0.2, -0.15) is 0 Å². The molecule has 0 aliphatic carbocycles. The molecule has 1 fully saturated rings. The van der Waals surface area contributed by atoms with Crippen molar-refractivity contribution in [3.63, 3.8) is 0 Å².